The van der Waals surface area contributed by atoms with Gasteiger partial charge in [-0.1, -0.05) is 89.7 Å². The smallest absolute Gasteiger partial charge is 0.161 e. The molecule has 0 saturated carbocycles. The lowest BCUT2D eigenvalue weighted by Crippen LogP contribution is -2.28. The second-order valence-electron chi connectivity index (χ2n) is 13.1. The van der Waals surface area contributed by atoms with Crippen molar-refractivity contribution in [3.63, 3.8) is 0 Å². The third-order valence-electron chi connectivity index (χ3n) is 9.49. The SMILES string of the molecule is CCCCCCCCCCCOc1ccc(/C(C)=C(/CCC(CCC)CC2CCNCC2)Cc2ccc(C)o2)cc1OC. The molecule has 0 aliphatic carbocycles. The minimum Gasteiger partial charge on any atom is -0.493 e. The Balaban J connectivity index is 1.63. The van der Waals surface area contributed by atoms with Gasteiger partial charge >= 0.3 is 0 Å². The van der Waals surface area contributed by atoms with Crippen LogP contribution in [0.4, 0.5) is 0 Å². The van der Waals surface area contributed by atoms with Crippen LogP contribution in [0.25, 0.3) is 5.57 Å². The molecule has 1 fully saturated rings. The number of aryl methyl sites for hydroxylation is 1. The lowest BCUT2D eigenvalue weighted by atomic mass is 9.82. The van der Waals surface area contributed by atoms with Crippen LogP contribution in [0.1, 0.15) is 141 Å². The Hall–Kier alpha value is -2.20. The Morgan fingerprint density at radius 3 is 2.26 bits per heavy atom. The molecule has 4 heteroatoms. The van der Waals surface area contributed by atoms with Gasteiger partial charge < -0.3 is 19.2 Å². The van der Waals surface area contributed by atoms with Crippen molar-refractivity contribution >= 4 is 5.57 Å². The Morgan fingerprint density at radius 2 is 1.60 bits per heavy atom. The van der Waals surface area contributed by atoms with Gasteiger partial charge in [0.05, 0.1) is 13.7 Å². The van der Waals surface area contributed by atoms with E-state index in [1.54, 1.807) is 7.11 Å². The highest BCUT2D eigenvalue weighted by atomic mass is 16.5. The van der Waals surface area contributed by atoms with E-state index < -0.39 is 0 Å². The number of piperidine rings is 1. The molecule has 242 valence electrons. The van der Waals surface area contributed by atoms with Gasteiger partial charge in [-0.2, -0.15) is 0 Å². The molecule has 0 radical (unpaired) electrons. The molecule has 0 bridgehead atoms. The number of rotatable bonds is 22. The van der Waals surface area contributed by atoms with E-state index in [1.165, 1.54) is 120 Å². The minimum absolute atomic E-state index is 0.749. The van der Waals surface area contributed by atoms with E-state index >= 15 is 0 Å². The predicted octanol–water partition coefficient (Wildman–Crippen LogP) is 11.1. The Bertz CT molecular complexity index is 1050. The maximum absolute atomic E-state index is 6.20. The molecule has 2 aromatic rings. The third kappa shape index (κ3) is 13.1. The summed E-state index contributed by atoms with van der Waals surface area (Å²) in [6, 6.07) is 10.7. The number of benzene rings is 1. The molecule has 1 aromatic carbocycles. The molecule has 43 heavy (non-hydrogen) atoms. The molecule has 0 spiro atoms. The van der Waals surface area contributed by atoms with Gasteiger partial charge in [-0.15, -0.1) is 0 Å². The first-order valence-electron chi connectivity index (χ1n) is 17.8. The van der Waals surface area contributed by atoms with Crippen LogP contribution in [0.2, 0.25) is 0 Å². The largest absolute Gasteiger partial charge is 0.493 e. The van der Waals surface area contributed by atoms with Crippen molar-refractivity contribution in [2.24, 2.45) is 11.8 Å². The predicted molar refractivity (Wildman–Crippen MR) is 183 cm³/mol. The summed E-state index contributed by atoms with van der Waals surface area (Å²) >= 11 is 0. The van der Waals surface area contributed by atoms with E-state index in [2.05, 4.69) is 56.4 Å². The van der Waals surface area contributed by atoms with Crippen LogP contribution in [-0.2, 0) is 6.42 Å². The van der Waals surface area contributed by atoms with Crippen LogP contribution >= 0.6 is 0 Å². The second-order valence-corrected chi connectivity index (χ2v) is 13.1. The van der Waals surface area contributed by atoms with E-state index in [0.717, 1.165) is 60.7 Å². The molecule has 1 aliphatic heterocycles. The summed E-state index contributed by atoms with van der Waals surface area (Å²) < 4.78 is 18.1. The summed E-state index contributed by atoms with van der Waals surface area (Å²) in [5.74, 6) is 5.40. The van der Waals surface area contributed by atoms with E-state index in [9.17, 15) is 0 Å². The topological polar surface area (TPSA) is 43.6 Å². The summed E-state index contributed by atoms with van der Waals surface area (Å²) in [6.07, 6.45) is 21.7. The summed E-state index contributed by atoms with van der Waals surface area (Å²) in [5.41, 5.74) is 4.04. The van der Waals surface area contributed by atoms with Crippen LogP contribution in [-0.4, -0.2) is 26.8 Å². The Kier molecular flexibility index (Phi) is 17.0. The third-order valence-corrected chi connectivity index (χ3v) is 9.49. The van der Waals surface area contributed by atoms with E-state index in [4.69, 9.17) is 13.9 Å². The summed E-state index contributed by atoms with van der Waals surface area (Å²) in [5, 5.41) is 3.54. The number of hydrogen-bond donors (Lipinski definition) is 1. The van der Waals surface area contributed by atoms with E-state index in [1.807, 2.05) is 6.92 Å². The molecule has 1 aromatic heterocycles. The van der Waals surface area contributed by atoms with Crippen molar-refractivity contribution in [3.05, 3.63) is 53.0 Å². The second kappa shape index (κ2) is 20.7. The average molecular weight is 594 g/mol. The molecule has 0 amide bonds. The van der Waals surface area contributed by atoms with E-state index in [0.29, 0.717) is 0 Å². The highest BCUT2D eigenvalue weighted by Crippen LogP contribution is 2.35. The van der Waals surface area contributed by atoms with Crippen molar-refractivity contribution in [1.29, 1.82) is 0 Å². The number of unbranched alkanes of at least 4 members (excludes halogenated alkanes) is 8. The molecule has 4 nitrogen and oxygen atoms in total. The monoisotopic (exact) mass is 593 g/mol. The van der Waals surface area contributed by atoms with Gasteiger partial charge in [0.15, 0.2) is 11.5 Å². The number of hydrogen-bond acceptors (Lipinski definition) is 4. The first-order chi connectivity index (χ1) is 21.0. The minimum atomic E-state index is 0.749. The molecule has 1 saturated heterocycles. The van der Waals surface area contributed by atoms with Crippen LogP contribution in [0.3, 0.4) is 0 Å². The Morgan fingerprint density at radius 1 is 0.884 bits per heavy atom. The van der Waals surface area contributed by atoms with Crippen LogP contribution in [0.5, 0.6) is 11.5 Å². The number of methoxy groups -OCH3 is 1. The van der Waals surface area contributed by atoms with Gasteiger partial charge in [-0.3, -0.25) is 0 Å². The normalized spacial score (nSPS) is 15.4. The number of ether oxygens (including phenoxy) is 2. The van der Waals surface area contributed by atoms with Crippen molar-refractivity contribution in [1.82, 2.24) is 5.32 Å². The zero-order chi connectivity index (χ0) is 30.7. The first-order valence-corrected chi connectivity index (χ1v) is 17.8. The standard InChI is InChI=1S/C39H63NO3/c1-6-8-9-10-11-12-13-14-15-27-42-38-22-20-36(30-39(38)41-5)32(4)35(29-37-21-17-31(3)43-37)19-18-33(16-7-2)28-34-23-25-40-26-24-34/h17,20-22,30,33-34,40H,6-16,18-19,23-29H2,1-5H3/b35-32-. The van der Waals surface area contributed by atoms with Crippen molar-refractivity contribution in [3.8, 4) is 11.5 Å². The first kappa shape index (κ1) is 35.3. The maximum atomic E-state index is 6.20. The molecule has 3 rings (SSSR count). The van der Waals surface area contributed by atoms with Crippen molar-refractivity contribution in [2.75, 3.05) is 26.8 Å². The zero-order valence-electron chi connectivity index (χ0n) is 28.4. The van der Waals surface area contributed by atoms with Crippen molar-refractivity contribution < 1.29 is 13.9 Å². The summed E-state index contributed by atoms with van der Waals surface area (Å²) in [4.78, 5) is 0. The summed E-state index contributed by atoms with van der Waals surface area (Å²) in [7, 11) is 1.76. The highest BCUT2D eigenvalue weighted by Gasteiger charge is 2.20. The van der Waals surface area contributed by atoms with Gasteiger partial charge in [0.2, 0.25) is 0 Å². The molecule has 2 heterocycles. The lowest BCUT2D eigenvalue weighted by molar-refractivity contribution is 0.278. The average Bonchev–Trinajstić information content (AvgIpc) is 3.44. The zero-order valence-corrected chi connectivity index (χ0v) is 28.4. The summed E-state index contributed by atoms with van der Waals surface area (Å²) in [6.45, 7) is 12.1. The molecule has 1 N–H and O–H groups in total. The van der Waals surface area contributed by atoms with Gasteiger partial charge in [-0.05, 0) is 113 Å². The van der Waals surface area contributed by atoms with Crippen LogP contribution in [0, 0.1) is 18.8 Å². The number of furan rings is 1. The Labute approximate surface area is 264 Å². The molecule has 1 unspecified atom stereocenters. The van der Waals surface area contributed by atoms with Gasteiger partial charge in [-0.25, -0.2) is 0 Å². The van der Waals surface area contributed by atoms with Crippen LogP contribution < -0.4 is 14.8 Å². The fourth-order valence-electron chi connectivity index (χ4n) is 6.77. The fourth-order valence-corrected chi connectivity index (χ4v) is 6.77. The molecular formula is C39H63NO3. The number of allylic oxidation sites excluding steroid dienone is 2. The molecule has 1 aliphatic rings. The van der Waals surface area contributed by atoms with E-state index in [-0.39, 0.29) is 0 Å². The highest BCUT2D eigenvalue weighted by molar-refractivity contribution is 5.69. The maximum Gasteiger partial charge on any atom is 0.161 e. The van der Waals surface area contributed by atoms with Gasteiger partial charge in [0.25, 0.3) is 0 Å². The quantitative estimate of drug-likeness (QED) is 0.138. The van der Waals surface area contributed by atoms with Crippen LogP contribution in [0.15, 0.2) is 40.3 Å². The number of nitrogens with one attached hydrogen (secondary N) is 1. The van der Waals surface area contributed by atoms with Crippen molar-refractivity contribution in [2.45, 2.75) is 137 Å². The van der Waals surface area contributed by atoms with Gasteiger partial charge in [0, 0.05) is 6.42 Å². The lowest BCUT2D eigenvalue weighted by Gasteiger charge is -2.27. The molecular weight excluding hydrogens is 530 g/mol. The molecule has 1 atom stereocenters. The fraction of sp³-hybridized carbons (Fsp3) is 0.692. The van der Waals surface area contributed by atoms with Gasteiger partial charge in [0.1, 0.15) is 11.5 Å².